The molecule has 0 amide bonds. The molecule has 0 aliphatic rings. The molecule has 156 valence electrons. The van der Waals surface area contributed by atoms with E-state index in [1.54, 1.807) is 12.1 Å². The summed E-state index contributed by atoms with van der Waals surface area (Å²) in [4.78, 5) is 3.63. The predicted molar refractivity (Wildman–Crippen MR) is 131 cm³/mol. The summed E-state index contributed by atoms with van der Waals surface area (Å²) in [6.07, 6.45) is 0. The van der Waals surface area contributed by atoms with Gasteiger partial charge in [0.1, 0.15) is 18.2 Å². The van der Waals surface area contributed by atoms with E-state index in [2.05, 4.69) is 36.2 Å². The summed E-state index contributed by atoms with van der Waals surface area (Å²) in [5.41, 5.74) is 7.72. The van der Waals surface area contributed by atoms with E-state index in [0.29, 0.717) is 16.6 Å². The van der Waals surface area contributed by atoms with Crippen LogP contribution in [0.25, 0.3) is 49.2 Å². The monoisotopic (exact) mass is 422 g/mol. The molecule has 0 aliphatic heterocycles. The van der Waals surface area contributed by atoms with E-state index < -0.39 is 18.1 Å². The fourth-order valence-electron chi connectivity index (χ4n) is 4.39. The van der Waals surface area contributed by atoms with E-state index >= 15 is 0 Å². The minimum Gasteiger partial charge on any atom is -0.456 e. The standard InChI is InChI=1S/C29H25N2O/c1-17-12-13-22-23-14-15-24(30-5)27(21-10-8-7-9-11-21)29(23)32-28(22)26(17)25-16-18(2)19(3)20(4)31(25)6/h7-16H,1-4,6H3/q+1/i7D,8D,9D,10D,11D. The Morgan fingerprint density at radius 2 is 1.53 bits per heavy atom. The number of aromatic nitrogens is 1. The average Bonchev–Trinajstić information content (AvgIpc) is 3.26. The van der Waals surface area contributed by atoms with E-state index in [4.69, 9.17) is 17.8 Å². The summed E-state index contributed by atoms with van der Waals surface area (Å²) in [6.45, 7) is 16.1. The molecule has 32 heavy (non-hydrogen) atoms. The Labute approximate surface area is 195 Å². The second kappa shape index (κ2) is 7.35. The van der Waals surface area contributed by atoms with Gasteiger partial charge in [0.15, 0.2) is 11.4 Å². The molecular weight excluding hydrogens is 392 g/mol. The molecule has 2 aromatic heterocycles. The van der Waals surface area contributed by atoms with Crippen molar-refractivity contribution in [2.24, 2.45) is 7.05 Å². The number of benzene rings is 3. The molecule has 3 heteroatoms. The third kappa shape index (κ3) is 2.84. The summed E-state index contributed by atoms with van der Waals surface area (Å²) in [6, 6.07) is 7.46. The van der Waals surface area contributed by atoms with Crippen LogP contribution in [0.2, 0.25) is 0 Å². The van der Waals surface area contributed by atoms with Crippen LogP contribution in [0.4, 0.5) is 5.69 Å². The van der Waals surface area contributed by atoms with Gasteiger partial charge in [-0.1, -0.05) is 54.5 Å². The van der Waals surface area contributed by atoms with Crippen molar-refractivity contribution in [2.75, 3.05) is 0 Å². The third-order valence-electron chi connectivity index (χ3n) is 6.47. The first-order valence-electron chi connectivity index (χ1n) is 12.9. The zero-order chi connectivity index (χ0) is 26.9. The first kappa shape index (κ1) is 15.0. The number of furan rings is 1. The van der Waals surface area contributed by atoms with Gasteiger partial charge >= 0.3 is 0 Å². The van der Waals surface area contributed by atoms with Crippen molar-refractivity contribution in [1.29, 1.82) is 0 Å². The van der Waals surface area contributed by atoms with Gasteiger partial charge in [-0.05, 0) is 37.5 Å². The SMILES string of the molecule is [2H]c1c([2H])c([2H])c(-c2c([N+]#[C-])ccc3c2oc2c(-c4cc(C)c(C)c(C)[n+]4C)c(C)ccc23)c([2H])c1[2H]. The normalized spacial score (nSPS) is 13.4. The number of fused-ring (bicyclic) bond motifs is 3. The molecule has 0 bridgehead atoms. The summed E-state index contributed by atoms with van der Waals surface area (Å²) in [5.74, 6) is 0. The summed E-state index contributed by atoms with van der Waals surface area (Å²) < 4.78 is 50.1. The fraction of sp³-hybridized carbons (Fsp3) is 0.172. The third-order valence-corrected chi connectivity index (χ3v) is 6.47. The second-order valence-corrected chi connectivity index (χ2v) is 8.17. The lowest BCUT2D eigenvalue weighted by Gasteiger charge is -2.10. The van der Waals surface area contributed by atoms with Gasteiger partial charge in [0.05, 0.1) is 19.0 Å². The van der Waals surface area contributed by atoms with Gasteiger partial charge in [0, 0.05) is 34.9 Å². The molecule has 5 aromatic rings. The highest BCUT2D eigenvalue weighted by atomic mass is 16.3. The summed E-state index contributed by atoms with van der Waals surface area (Å²) in [5, 5.41) is 1.55. The van der Waals surface area contributed by atoms with E-state index in [9.17, 15) is 0 Å². The smallest absolute Gasteiger partial charge is 0.216 e. The molecule has 0 spiro atoms. The van der Waals surface area contributed by atoms with E-state index in [0.717, 1.165) is 33.5 Å². The molecule has 0 aliphatic carbocycles. The van der Waals surface area contributed by atoms with Crippen LogP contribution in [0.5, 0.6) is 0 Å². The van der Waals surface area contributed by atoms with Gasteiger partial charge < -0.3 is 4.42 Å². The summed E-state index contributed by atoms with van der Waals surface area (Å²) >= 11 is 0. The molecule has 0 saturated heterocycles. The number of nitrogens with zero attached hydrogens (tertiary/aromatic N) is 2. The zero-order valence-corrected chi connectivity index (χ0v) is 18.7. The Morgan fingerprint density at radius 3 is 2.22 bits per heavy atom. The average molecular weight is 423 g/mol. The van der Waals surface area contributed by atoms with Gasteiger partial charge in [-0.2, -0.15) is 4.57 Å². The molecule has 0 atom stereocenters. The zero-order valence-electron chi connectivity index (χ0n) is 23.7. The maximum atomic E-state index is 8.54. The maximum absolute atomic E-state index is 8.54. The Bertz CT molecular complexity index is 1820. The van der Waals surface area contributed by atoms with Crippen LogP contribution in [0.15, 0.2) is 65.0 Å². The molecule has 0 radical (unpaired) electrons. The molecule has 0 saturated carbocycles. The van der Waals surface area contributed by atoms with Crippen molar-refractivity contribution >= 4 is 27.6 Å². The van der Waals surface area contributed by atoms with Crippen LogP contribution in [-0.2, 0) is 7.05 Å². The highest BCUT2D eigenvalue weighted by Crippen LogP contribution is 2.44. The lowest BCUT2D eigenvalue weighted by molar-refractivity contribution is -0.667. The summed E-state index contributed by atoms with van der Waals surface area (Å²) in [7, 11) is 2.02. The van der Waals surface area contributed by atoms with Crippen LogP contribution in [0.3, 0.4) is 0 Å². The van der Waals surface area contributed by atoms with Gasteiger partial charge in [-0.3, -0.25) is 0 Å². The lowest BCUT2D eigenvalue weighted by Crippen LogP contribution is -2.36. The highest BCUT2D eigenvalue weighted by Gasteiger charge is 2.25. The molecule has 0 fully saturated rings. The molecule has 5 rings (SSSR count). The molecule has 0 unspecified atom stereocenters. The van der Waals surface area contributed by atoms with Gasteiger partial charge in [0.25, 0.3) is 0 Å². The van der Waals surface area contributed by atoms with Crippen LogP contribution in [-0.4, -0.2) is 0 Å². The number of aryl methyl sites for hydroxylation is 2. The van der Waals surface area contributed by atoms with E-state index in [1.165, 1.54) is 5.56 Å². The Balaban J connectivity index is 1.97. The minimum atomic E-state index is -0.476. The van der Waals surface area contributed by atoms with Gasteiger partial charge in [-0.25, -0.2) is 4.85 Å². The van der Waals surface area contributed by atoms with E-state index in [1.807, 2.05) is 26.1 Å². The fourth-order valence-corrected chi connectivity index (χ4v) is 4.39. The van der Waals surface area contributed by atoms with Crippen molar-refractivity contribution in [3.63, 3.8) is 0 Å². The quantitative estimate of drug-likeness (QED) is 0.213. The molecule has 3 nitrogen and oxygen atoms in total. The van der Waals surface area contributed by atoms with E-state index in [-0.39, 0.29) is 28.9 Å². The number of hydrogen-bond acceptors (Lipinski definition) is 1. The van der Waals surface area contributed by atoms with Crippen molar-refractivity contribution < 1.29 is 15.8 Å². The van der Waals surface area contributed by atoms with Crippen LogP contribution in [0, 0.1) is 34.3 Å². The largest absolute Gasteiger partial charge is 0.456 e. The minimum absolute atomic E-state index is 0.0347. The molecular formula is C29H25N2O+. The number of rotatable bonds is 2. The Hall–Kier alpha value is -3.90. The highest BCUT2D eigenvalue weighted by molar-refractivity contribution is 6.15. The van der Waals surface area contributed by atoms with Crippen molar-refractivity contribution in [3.05, 3.63) is 94.3 Å². The number of hydrogen-bond donors (Lipinski definition) is 0. The first-order chi connectivity index (χ1) is 17.5. The van der Waals surface area contributed by atoms with Crippen LogP contribution < -0.4 is 4.57 Å². The molecule has 0 N–H and O–H groups in total. The Morgan fingerprint density at radius 1 is 0.875 bits per heavy atom. The van der Waals surface area contributed by atoms with Crippen LogP contribution >= 0.6 is 0 Å². The Kier molecular flexibility index (Phi) is 3.45. The van der Waals surface area contributed by atoms with Gasteiger partial charge in [-0.15, -0.1) is 0 Å². The van der Waals surface area contributed by atoms with Crippen molar-refractivity contribution in [2.45, 2.75) is 27.7 Å². The lowest BCUT2D eigenvalue weighted by atomic mass is 9.97. The maximum Gasteiger partial charge on any atom is 0.216 e. The number of pyridine rings is 1. The van der Waals surface area contributed by atoms with Crippen molar-refractivity contribution in [1.82, 2.24) is 0 Å². The first-order valence-corrected chi connectivity index (χ1v) is 10.4. The van der Waals surface area contributed by atoms with Crippen LogP contribution in [0.1, 0.15) is 29.2 Å². The molecule has 2 heterocycles. The topological polar surface area (TPSA) is 21.4 Å². The molecule has 3 aromatic carbocycles. The van der Waals surface area contributed by atoms with Gasteiger partial charge in [0.2, 0.25) is 5.69 Å². The van der Waals surface area contributed by atoms with Crippen molar-refractivity contribution in [3.8, 4) is 22.4 Å². The second-order valence-electron chi connectivity index (χ2n) is 8.17. The predicted octanol–water partition coefficient (Wildman–Crippen LogP) is 7.53.